The lowest BCUT2D eigenvalue weighted by Crippen LogP contribution is -2.32. The number of likely N-dealkylation sites (N-methyl/N-ethyl adjacent to an activating group) is 1. The summed E-state index contributed by atoms with van der Waals surface area (Å²) in [5.74, 6) is 0. The number of aromatic nitrogens is 1. The number of anilines is 2. The molecular formula is C16H23BrN4. The number of benzene rings is 1. The lowest BCUT2D eigenvalue weighted by molar-refractivity contribution is 0.261. The summed E-state index contributed by atoms with van der Waals surface area (Å²) in [6.45, 7) is 6.29. The van der Waals surface area contributed by atoms with Gasteiger partial charge in [0, 0.05) is 29.0 Å². The molecule has 0 saturated heterocycles. The molecule has 0 aliphatic heterocycles. The molecule has 1 heterocycles. The van der Waals surface area contributed by atoms with Gasteiger partial charge in [-0.3, -0.25) is 4.98 Å². The summed E-state index contributed by atoms with van der Waals surface area (Å²) < 4.78 is 1.03. The Bertz CT molecular complexity index is 609. The highest BCUT2D eigenvalue weighted by atomic mass is 79.9. The Morgan fingerprint density at radius 2 is 2.19 bits per heavy atom. The van der Waals surface area contributed by atoms with Gasteiger partial charge in [-0.2, -0.15) is 0 Å². The first-order valence-corrected chi connectivity index (χ1v) is 8.10. The Balaban J connectivity index is 2.14. The maximum Gasteiger partial charge on any atom is 0.0743 e. The van der Waals surface area contributed by atoms with Crippen molar-refractivity contribution in [1.82, 2.24) is 9.88 Å². The third-order valence-corrected chi connectivity index (χ3v) is 4.46. The van der Waals surface area contributed by atoms with Gasteiger partial charge in [-0.1, -0.05) is 22.9 Å². The molecule has 1 aromatic heterocycles. The minimum absolute atomic E-state index is 0.590. The van der Waals surface area contributed by atoms with Crippen molar-refractivity contribution in [3.8, 4) is 0 Å². The minimum Gasteiger partial charge on any atom is -0.396 e. The van der Waals surface area contributed by atoms with Crippen molar-refractivity contribution < 1.29 is 0 Å². The first kappa shape index (κ1) is 16.0. The van der Waals surface area contributed by atoms with Crippen molar-refractivity contribution in [1.29, 1.82) is 0 Å². The molecule has 2 rings (SSSR count). The topological polar surface area (TPSA) is 54.2 Å². The average Bonchev–Trinajstić information content (AvgIpc) is 2.48. The van der Waals surface area contributed by atoms with E-state index in [1.165, 1.54) is 0 Å². The molecule has 0 bridgehead atoms. The molecule has 0 fully saturated rings. The molecule has 0 spiro atoms. The summed E-state index contributed by atoms with van der Waals surface area (Å²) >= 11 is 3.51. The zero-order valence-electron chi connectivity index (χ0n) is 12.9. The number of hydrogen-bond donors (Lipinski definition) is 2. The van der Waals surface area contributed by atoms with E-state index >= 15 is 0 Å². The molecule has 0 amide bonds. The molecule has 3 N–H and O–H groups in total. The lowest BCUT2D eigenvalue weighted by Gasteiger charge is -2.24. The summed E-state index contributed by atoms with van der Waals surface area (Å²) in [6, 6.07) is 6.63. The van der Waals surface area contributed by atoms with Gasteiger partial charge in [0.05, 0.1) is 23.1 Å². The predicted molar refractivity (Wildman–Crippen MR) is 94.7 cm³/mol. The molecule has 1 aromatic carbocycles. The van der Waals surface area contributed by atoms with Crippen LogP contribution >= 0.6 is 15.9 Å². The van der Waals surface area contributed by atoms with Gasteiger partial charge in [-0.25, -0.2) is 0 Å². The van der Waals surface area contributed by atoms with E-state index in [4.69, 9.17) is 5.73 Å². The molecule has 0 radical (unpaired) electrons. The molecule has 2 aromatic rings. The summed E-state index contributed by atoms with van der Waals surface area (Å²) in [5.41, 5.74) is 8.69. The molecule has 5 heteroatoms. The maximum absolute atomic E-state index is 6.09. The van der Waals surface area contributed by atoms with Crippen LogP contribution in [0.2, 0.25) is 0 Å². The van der Waals surface area contributed by atoms with Crippen LogP contribution in [0.3, 0.4) is 0 Å². The molecule has 0 aliphatic carbocycles. The van der Waals surface area contributed by atoms with Crippen LogP contribution in [0.5, 0.6) is 0 Å². The molecular weight excluding hydrogens is 328 g/mol. The van der Waals surface area contributed by atoms with Crippen LogP contribution in [0.1, 0.15) is 20.3 Å². The standard InChI is InChI=1S/C16H23BrN4/c1-4-11(2)21(3)8-7-19-16-13-9-12(17)5-6-15(13)20-10-14(16)18/h5-6,9-11H,4,7-8,18H2,1-3H3,(H,19,20). The Labute approximate surface area is 134 Å². The highest BCUT2D eigenvalue weighted by molar-refractivity contribution is 9.10. The van der Waals surface area contributed by atoms with E-state index in [2.05, 4.69) is 58.1 Å². The highest BCUT2D eigenvalue weighted by Gasteiger charge is 2.09. The number of rotatable bonds is 6. The lowest BCUT2D eigenvalue weighted by atomic mass is 10.1. The number of nitrogens with zero attached hydrogens (tertiary/aromatic N) is 2. The van der Waals surface area contributed by atoms with Crippen LogP contribution in [-0.4, -0.2) is 36.1 Å². The van der Waals surface area contributed by atoms with Gasteiger partial charge in [0.15, 0.2) is 0 Å². The van der Waals surface area contributed by atoms with E-state index in [9.17, 15) is 0 Å². The number of nitrogens with two attached hydrogens (primary N) is 1. The molecule has 4 nitrogen and oxygen atoms in total. The third kappa shape index (κ3) is 3.86. The summed E-state index contributed by atoms with van der Waals surface area (Å²) in [4.78, 5) is 6.72. The van der Waals surface area contributed by atoms with Crippen molar-refractivity contribution >= 4 is 38.2 Å². The molecule has 114 valence electrons. The van der Waals surface area contributed by atoms with Crippen molar-refractivity contribution in [2.75, 3.05) is 31.2 Å². The number of halogens is 1. The van der Waals surface area contributed by atoms with E-state index < -0.39 is 0 Å². The summed E-state index contributed by atoms with van der Waals surface area (Å²) in [5, 5.41) is 4.52. The van der Waals surface area contributed by atoms with Crippen LogP contribution in [-0.2, 0) is 0 Å². The predicted octanol–water partition coefficient (Wildman–Crippen LogP) is 3.72. The van der Waals surface area contributed by atoms with E-state index in [1.54, 1.807) is 6.20 Å². The quantitative estimate of drug-likeness (QED) is 0.833. The van der Waals surface area contributed by atoms with Gasteiger partial charge in [0.1, 0.15) is 0 Å². The number of nitrogen functional groups attached to an aromatic ring is 1. The van der Waals surface area contributed by atoms with E-state index in [0.29, 0.717) is 11.7 Å². The van der Waals surface area contributed by atoms with Crippen LogP contribution in [0.15, 0.2) is 28.9 Å². The fourth-order valence-corrected chi connectivity index (χ4v) is 2.63. The Hall–Kier alpha value is -1.33. The van der Waals surface area contributed by atoms with Gasteiger partial charge >= 0.3 is 0 Å². The number of nitrogens with one attached hydrogen (secondary N) is 1. The zero-order valence-corrected chi connectivity index (χ0v) is 14.4. The summed E-state index contributed by atoms with van der Waals surface area (Å²) in [6.07, 6.45) is 2.88. The van der Waals surface area contributed by atoms with Crippen molar-refractivity contribution in [3.63, 3.8) is 0 Å². The highest BCUT2D eigenvalue weighted by Crippen LogP contribution is 2.29. The normalized spacial score (nSPS) is 12.8. The van der Waals surface area contributed by atoms with E-state index in [1.807, 2.05) is 12.1 Å². The monoisotopic (exact) mass is 350 g/mol. The van der Waals surface area contributed by atoms with Gasteiger partial charge in [-0.05, 0) is 38.6 Å². The summed E-state index contributed by atoms with van der Waals surface area (Å²) in [7, 11) is 2.15. The SMILES string of the molecule is CCC(C)N(C)CCNc1c(N)cnc2ccc(Br)cc12. The van der Waals surface area contributed by atoms with Gasteiger partial charge < -0.3 is 16.0 Å². The van der Waals surface area contributed by atoms with Gasteiger partial charge in [-0.15, -0.1) is 0 Å². The van der Waals surface area contributed by atoms with Crippen LogP contribution < -0.4 is 11.1 Å². The maximum atomic E-state index is 6.09. The molecule has 0 aliphatic rings. The van der Waals surface area contributed by atoms with Crippen LogP contribution in [0.4, 0.5) is 11.4 Å². The second-order valence-corrected chi connectivity index (χ2v) is 6.33. The number of fused-ring (bicyclic) bond motifs is 1. The smallest absolute Gasteiger partial charge is 0.0743 e. The Morgan fingerprint density at radius 3 is 2.90 bits per heavy atom. The van der Waals surface area contributed by atoms with Crippen LogP contribution in [0, 0.1) is 0 Å². The number of pyridine rings is 1. The number of hydrogen-bond acceptors (Lipinski definition) is 4. The Kier molecular flexibility index (Phi) is 5.42. The molecule has 1 unspecified atom stereocenters. The van der Waals surface area contributed by atoms with Crippen molar-refractivity contribution in [2.45, 2.75) is 26.3 Å². The molecule has 21 heavy (non-hydrogen) atoms. The molecule has 0 saturated carbocycles. The fourth-order valence-electron chi connectivity index (χ4n) is 2.27. The molecule has 1 atom stereocenters. The first-order chi connectivity index (χ1) is 10.0. The largest absolute Gasteiger partial charge is 0.396 e. The average molecular weight is 351 g/mol. The third-order valence-electron chi connectivity index (χ3n) is 3.97. The van der Waals surface area contributed by atoms with Crippen LogP contribution in [0.25, 0.3) is 10.9 Å². The second kappa shape index (κ2) is 7.09. The Morgan fingerprint density at radius 1 is 1.43 bits per heavy atom. The zero-order chi connectivity index (χ0) is 15.4. The van der Waals surface area contributed by atoms with E-state index in [0.717, 1.165) is 40.6 Å². The van der Waals surface area contributed by atoms with E-state index in [-0.39, 0.29) is 0 Å². The van der Waals surface area contributed by atoms with Gasteiger partial charge in [0.25, 0.3) is 0 Å². The van der Waals surface area contributed by atoms with Gasteiger partial charge in [0.2, 0.25) is 0 Å². The van der Waals surface area contributed by atoms with Crippen molar-refractivity contribution in [2.24, 2.45) is 0 Å². The fraction of sp³-hybridized carbons (Fsp3) is 0.438. The van der Waals surface area contributed by atoms with Crippen molar-refractivity contribution in [3.05, 3.63) is 28.9 Å². The second-order valence-electron chi connectivity index (χ2n) is 5.41. The first-order valence-electron chi connectivity index (χ1n) is 7.30. The minimum atomic E-state index is 0.590.